The number of carbonyl (C=O) groups excluding carboxylic acids is 2. The number of nitrogens with zero attached hydrogens (tertiary/aromatic N) is 1. The fraction of sp³-hybridized carbons (Fsp3) is 0.867. The van der Waals surface area contributed by atoms with Crippen LogP contribution in [-0.4, -0.2) is 43.1 Å². The normalized spacial score (nSPS) is 26.5. The van der Waals surface area contributed by atoms with Crippen molar-refractivity contribution in [2.24, 2.45) is 17.8 Å². The van der Waals surface area contributed by atoms with Crippen LogP contribution < -0.4 is 5.32 Å². The lowest BCUT2D eigenvalue weighted by Crippen LogP contribution is -2.53. The van der Waals surface area contributed by atoms with Crippen LogP contribution >= 0.6 is 0 Å². The molecule has 2 rings (SSSR count). The average molecular weight is 282 g/mol. The van der Waals surface area contributed by atoms with Crippen molar-refractivity contribution in [3.05, 3.63) is 0 Å². The van der Waals surface area contributed by atoms with Crippen molar-refractivity contribution < 1.29 is 14.3 Å². The molecule has 1 saturated carbocycles. The van der Waals surface area contributed by atoms with Crippen LogP contribution in [0.5, 0.6) is 0 Å². The standard InChI is InChI=1S/C15H26N2O3/c1-10(2)14(18)16-13-7-12(6-11-4-5-11)8-17(9-13)15(19)20-3/h10-13H,4-9H2,1-3H3,(H,16,18). The van der Waals surface area contributed by atoms with Crippen molar-refractivity contribution in [3.8, 4) is 0 Å². The van der Waals surface area contributed by atoms with E-state index in [2.05, 4.69) is 5.32 Å². The summed E-state index contributed by atoms with van der Waals surface area (Å²) in [4.78, 5) is 25.4. The van der Waals surface area contributed by atoms with E-state index in [1.807, 2.05) is 13.8 Å². The second kappa shape index (κ2) is 6.46. The van der Waals surface area contributed by atoms with Gasteiger partial charge in [-0.2, -0.15) is 0 Å². The minimum Gasteiger partial charge on any atom is -0.453 e. The van der Waals surface area contributed by atoms with E-state index < -0.39 is 0 Å². The molecular formula is C15H26N2O3. The minimum atomic E-state index is -0.283. The van der Waals surface area contributed by atoms with Crippen molar-refractivity contribution in [3.63, 3.8) is 0 Å². The van der Waals surface area contributed by atoms with Gasteiger partial charge in [-0.3, -0.25) is 4.79 Å². The fourth-order valence-electron chi connectivity index (χ4n) is 2.95. The molecule has 2 amide bonds. The number of nitrogens with one attached hydrogen (secondary N) is 1. The second-order valence-corrected chi connectivity index (χ2v) is 6.52. The monoisotopic (exact) mass is 282 g/mol. The van der Waals surface area contributed by atoms with Crippen LogP contribution in [-0.2, 0) is 9.53 Å². The third-order valence-corrected chi connectivity index (χ3v) is 4.20. The summed E-state index contributed by atoms with van der Waals surface area (Å²) in [7, 11) is 1.41. The van der Waals surface area contributed by atoms with Crippen molar-refractivity contribution in [1.29, 1.82) is 0 Å². The smallest absolute Gasteiger partial charge is 0.409 e. The number of carbonyl (C=O) groups is 2. The van der Waals surface area contributed by atoms with E-state index in [1.165, 1.54) is 26.4 Å². The highest BCUT2D eigenvalue weighted by atomic mass is 16.5. The van der Waals surface area contributed by atoms with E-state index >= 15 is 0 Å². The maximum Gasteiger partial charge on any atom is 0.409 e. The van der Waals surface area contributed by atoms with Gasteiger partial charge in [0.1, 0.15) is 0 Å². The molecule has 20 heavy (non-hydrogen) atoms. The number of hydrogen-bond donors (Lipinski definition) is 1. The number of rotatable bonds is 4. The molecule has 0 aromatic rings. The molecule has 2 unspecified atom stereocenters. The molecule has 2 atom stereocenters. The summed E-state index contributed by atoms with van der Waals surface area (Å²) in [6.07, 6.45) is 4.49. The van der Waals surface area contributed by atoms with Gasteiger partial charge in [0.2, 0.25) is 5.91 Å². The van der Waals surface area contributed by atoms with Gasteiger partial charge in [-0.1, -0.05) is 26.7 Å². The second-order valence-electron chi connectivity index (χ2n) is 6.52. The first-order valence-electron chi connectivity index (χ1n) is 7.62. The van der Waals surface area contributed by atoms with Gasteiger partial charge < -0.3 is 15.0 Å². The Bertz CT molecular complexity index is 366. The average Bonchev–Trinajstić information content (AvgIpc) is 3.21. The Morgan fingerprint density at radius 1 is 1.25 bits per heavy atom. The van der Waals surface area contributed by atoms with Crippen LogP contribution in [0.15, 0.2) is 0 Å². The predicted molar refractivity (Wildman–Crippen MR) is 76.2 cm³/mol. The molecular weight excluding hydrogens is 256 g/mol. The zero-order valence-corrected chi connectivity index (χ0v) is 12.7. The molecule has 1 aliphatic carbocycles. The van der Waals surface area contributed by atoms with Gasteiger partial charge in [0.05, 0.1) is 7.11 Å². The van der Waals surface area contributed by atoms with Gasteiger partial charge in [-0.25, -0.2) is 4.79 Å². The van der Waals surface area contributed by atoms with E-state index in [-0.39, 0.29) is 24.0 Å². The van der Waals surface area contributed by atoms with Crippen LogP contribution in [0.1, 0.15) is 39.5 Å². The number of amides is 2. The summed E-state index contributed by atoms with van der Waals surface area (Å²) in [6.45, 7) is 5.10. The molecule has 0 aromatic heterocycles. The van der Waals surface area contributed by atoms with Crippen LogP contribution in [0.2, 0.25) is 0 Å². The molecule has 2 fully saturated rings. The van der Waals surface area contributed by atoms with Crippen molar-refractivity contribution in [2.45, 2.75) is 45.6 Å². The predicted octanol–water partition coefficient (Wildman–Crippen LogP) is 2.02. The van der Waals surface area contributed by atoms with E-state index in [0.29, 0.717) is 12.5 Å². The summed E-state index contributed by atoms with van der Waals surface area (Å²) in [5.74, 6) is 1.35. The Labute approximate surface area is 121 Å². The fourth-order valence-corrected chi connectivity index (χ4v) is 2.95. The topological polar surface area (TPSA) is 58.6 Å². The summed E-state index contributed by atoms with van der Waals surface area (Å²) >= 11 is 0. The van der Waals surface area contributed by atoms with Gasteiger partial charge in [0.25, 0.3) is 0 Å². The maximum atomic E-state index is 11.9. The molecule has 0 spiro atoms. The van der Waals surface area contributed by atoms with Gasteiger partial charge in [0, 0.05) is 25.0 Å². The first-order valence-corrected chi connectivity index (χ1v) is 7.62. The van der Waals surface area contributed by atoms with Crippen molar-refractivity contribution >= 4 is 12.0 Å². The number of likely N-dealkylation sites (tertiary alicyclic amines) is 1. The Balaban J connectivity index is 1.95. The third kappa shape index (κ3) is 4.12. The van der Waals surface area contributed by atoms with Gasteiger partial charge in [0.15, 0.2) is 0 Å². The van der Waals surface area contributed by atoms with Gasteiger partial charge in [-0.05, 0) is 24.7 Å². The van der Waals surface area contributed by atoms with Crippen molar-refractivity contribution in [2.75, 3.05) is 20.2 Å². The molecule has 5 heteroatoms. The molecule has 0 aromatic carbocycles. The van der Waals surface area contributed by atoms with Gasteiger partial charge in [-0.15, -0.1) is 0 Å². The lowest BCUT2D eigenvalue weighted by molar-refractivity contribution is -0.125. The Morgan fingerprint density at radius 3 is 2.50 bits per heavy atom. The Kier molecular flexibility index (Phi) is 4.89. The van der Waals surface area contributed by atoms with E-state index in [1.54, 1.807) is 4.90 Å². The zero-order valence-electron chi connectivity index (χ0n) is 12.7. The zero-order chi connectivity index (χ0) is 14.7. The molecule has 5 nitrogen and oxygen atoms in total. The number of piperidine rings is 1. The van der Waals surface area contributed by atoms with Crippen LogP contribution in [0.25, 0.3) is 0 Å². The molecule has 2 aliphatic rings. The third-order valence-electron chi connectivity index (χ3n) is 4.20. The number of ether oxygens (including phenoxy) is 1. The largest absolute Gasteiger partial charge is 0.453 e. The molecule has 1 aliphatic heterocycles. The quantitative estimate of drug-likeness (QED) is 0.858. The summed E-state index contributed by atoms with van der Waals surface area (Å²) < 4.78 is 4.83. The molecule has 114 valence electrons. The van der Waals surface area contributed by atoms with Crippen LogP contribution in [0, 0.1) is 17.8 Å². The molecule has 0 radical (unpaired) electrons. The Morgan fingerprint density at radius 2 is 1.95 bits per heavy atom. The Hall–Kier alpha value is -1.26. The van der Waals surface area contributed by atoms with Crippen molar-refractivity contribution in [1.82, 2.24) is 10.2 Å². The molecule has 1 heterocycles. The SMILES string of the molecule is COC(=O)N1CC(CC2CC2)CC(NC(=O)C(C)C)C1. The van der Waals surface area contributed by atoms with Crippen LogP contribution in [0.3, 0.4) is 0 Å². The highest BCUT2D eigenvalue weighted by Crippen LogP contribution is 2.37. The lowest BCUT2D eigenvalue weighted by atomic mass is 9.89. The van der Waals surface area contributed by atoms with E-state index in [0.717, 1.165) is 18.9 Å². The lowest BCUT2D eigenvalue weighted by Gasteiger charge is -2.37. The summed E-state index contributed by atoms with van der Waals surface area (Å²) in [5, 5.41) is 3.06. The summed E-state index contributed by atoms with van der Waals surface area (Å²) in [6, 6.07) is 0.0569. The first-order chi connectivity index (χ1) is 9.49. The highest BCUT2D eigenvalue weighted by Gasteiger charge is 2.34. The number of hydrogen-bond acceptors (Lipinski definition) is 3. The maximum absolute atomic E-state index is 11.9. The van der Waals surface area contributed by atoms with E-state index in [9.17, 15) is 9.59 Å². The molecule has 1 saturated heterocycles. The van der Waals surface area contributed by atoms with Crippen LogP contribution in [0.4, 0.5) is 4.79 Å². The highest BCUT2D eigenvalue weighted by molar-refractivity contribution is 5.78. The molecule has 0 bridgehead atoms. The first kappa shape index (κ1) is 15.1. The van der Waals surface area contributed by atoms with Gasteiger partial charge >= 0.3 is 6.09 Å². The number of methoxy groups -OCH3 is 1. The minimum absolute atomic E-state index is 0.0228. The molecule has 1 N–H and O–H groups in total. The summed E-state index contributed by atoms with van der Waals surface area (Å²) in [5.41, 5.74) is 0. The van der Waals surface area contributed by atoms with E-state index in [4.69, 9.17) is 4.74 Å².